The molecular formula is C9H10FN. The molecule has 58 valence electrons. The molecule has 0 spiro atoms. The topological polar surface area (TPSA) is 26.0 Å². The molecule has 0 fully saturated rings. The summed E-state index contributed by atoms with van der Waals surface area (Å²) in [6.45, 7) is 0. The number of benzene rings is 1. The van der Waals surface area contributed by atoms with Gasteiger partial charge in [0.05, 0.1) is 0 Å². The Balaban J connectivity index is 2.50. The lowest BCUT2D eigenvalue weighted by atomic mass is 10.1. The highest BCUT2D eigenvalue weighted by Crippen LogP contribution is 2.29. The summed E-state index contributed by atoms with van der Waals surface area (Å²) < 4.78 is 12.6. The minimum absolute atomic E-state index is 0.130. The van der Waals surface area contributed by atoms with E-state index in [4.69, 9.17) is 5.73 Å². The van der Waals surface area contributed by atoms with Crippen molar-refractivity contribution in [2.45, 2.75) is 18.9 Å². The predicted molar refractivity (Wildman–Crippen MR) is 41.6 cm³/mol. The van der Waals surface area contributed by atoms with Crippen molar-refractivity contribution in [3.8, 4) is 0 Å². The fourth-order valence-corrected chi connectivity index (χ4v) is 1.62. The van der Waals surface area contributed by atoms with Gasteiger partial charge >= 0.3 is 0 Å². The molecule has 1 atom stereocenters. The summed E-state index contributed by atoms with van der Waals surface area (Å²) in [6, 6.07) is 4.99. The molecule has 0 saturated heterocycles. The first-order chi connectivity index (χ1) is 5.27. The molecule has 2 heteroatoms. The first kappa shape index (κ1) is 6.80. The van der Waals surface area contributed by atoms with Crippen molar-refractivity contribution >= 4 is 0 Å². The van der Waals surface area contributed by atoms with Crippen molar-refractivity contribution in [2.24, 2.45) is 5.73 Å². The molecule has 0 radical (unpaired) electrons. The van der Waals surface area contributed by atoms with Crippen LogP contribution in [-0.4, -0.2) is 0 Å². The second-order valence-corrected chi connectivity index (χ2v) is 2.99. The lowest BCUT2D eigenvalue weighted by molar-refractivity contribution is 0.625. The number of halogens is 1. The van der Waals surface area contributed by atoms with Crippen molar-refractivity contribution in [2.75, 3.05) is 0 Å². The van der Waals surface area contributed by atoms with E-state index in [9.17, 15) is 4.39 Å². The van der Waals surface area contributed by atoms with Crippen LogP contribution < -0.4 is 5.73 Å². The Labute approximate surface area is 65.0 Å². The molecule has 1 nitrogen and oxygen atoms in total. The summed E-state index contributed by atoms with van der Waals surface area (Å²) in [5.41, 5.74) is 7.97. The number of nitrogens with two attached hydrogens (primary N) is 1. The Morgan fingerprint density at radius 2 is 2.27 bits per heavy atom. The average molecular weight is 151 g/mol. The maximum absolute atomic E-state index is 12.6. The second kappa shape index (κ2) is 2.31. The molecule has 0 aromatic heterocycles. The van der Waals surface area contributed by atoms with Crippen LogP contribution in [0.2, 0.25) is 0 Å². The lowest BCUT2D eigenvalue weighted by Crippen LogP contribution is -2.04. The maximum Gasteiger partial charge on any atom is 0.123 e. The van der Waals surface area contributed by atoms with E-state index >= 15 is 0 Å². The molecular weight excluding hydrogens is 141 g/mol. The first-order valence-corrected chi connectivity index (χ1v) is 3.81. The van der Waals surface area contributed by atoms with E-state index in [0.717, 1.165) is 24.0 Å². The van der Waals surface area contributed by atoms with Crippen LogP contribution in [0.3, 0.4) is 0 Å². The van der Waals surface area contributed by atoms with E-state index < -0.39 is 0 Å². The van der Waals surface area contributed by atoms with Crippen LogP contribution in [0.1, 0.15) is 23.6 Å². The SMILES string of the molecule is NC1CCc2cc(F)ccc21. The maximum atomic E-state index is 12.6. The Hall–Kier alpha value is -0.890. The van der Waals surface area contributed by atoms with Gasteiger partial charge in [0.15, 0.2) is 0 Å². The number of fused-ring (bicyclic) bond motifs is 1. The van der Waals surface area contributed by atoms with Gasteiger partial charge in [-0.3, -0.25) is 0 Å². The number of rotatable bonds is 0. The number of aryl methyl sites for hydroxylation is 1. The van der Waals surface area contributed by atoms with Gasteiger partial charge in [0, 0.05) is 6.04 Å². The molecule has 1 aromatic carbocycles. The molecule has 0 heterocycles. The lowest BCUT2D eigenvalue weighted by Gasteiger charge is -2.02. The van der Waals surface area contributed by atoms with Gasteiger partial charge in [0.2, 0.25) is 0 Å². The third-order valence-electron chi connectivity index (χ3n) is 2.23. The van der Waals surface area contributed by atoms with Gasteiger partial charge in [0.25, 0.3) is 0 Å². The largest absolute Gasteiger partial charge is 0.324 e. The van der Waals surface area contributed by atoms with Gasteiger partial charge < -0.3 is 5.73 Å². The van der Waals surface area contributed by atoms with Crippen LogP contribution in [0.5, 0.6) is 0 Å². The smallest absolute Gasteiger partial charge is 0.123 e. The Bertz CT molecular complexity index is 283. The van der Waals surface area contributed by atoms with Gasteiger partial charge in [-0.25, -0.2) is 4.39 Å². The Morgan fingerprint density at radius 3 is 3.09 bits per heavy atom. The zero-order chi connectivity index (χ0) is 7.84. The van der Waals surface area contributed by atoms with E-state index in [2.05, 4.69) is 0 Å². The molecule has 0 aliphatic heterocycles. The molecule has 1 aliphatic rings. The Kier molecular flexibility index (Phi) is 1.43. The number of hydrogen-bond acceptors (Lipinski definition) is 1. The van der Waals surface area contributed by atoms with E-state index in [0.29, 0.717) is 0 Å². The summed E-state index contributed by atoms with van der Waals surface area (Å²) in [4.78, 5) is 0. The fraction of sp³-hybridized carbons (Fsp3) is 0.333. The highest BCUT2D eigenvalue weighted by atomic mass is 19.1. The summed E-state index contributed by atoms with van der Waals surface area (Å²) in [7, 11) is 0. The predicted octanol–water partition coefficient (Wildman–Crippen LogP) is 1.77. The molecule has 1 aliphatic carbocycles. The zero-order valence-corrected chi connectivity index (χ0v) is 6.18. The van der Waals surface area contributed by atoms with Crippen molar-refractivity contribution in [3.05, 3.63) is 35.1 Å². The molecule has 0 saturated carbocycles. The normalized spacial score (nSPS) is 21.8. The molecule has 2 rings (SSSR count). The molecule has 0 bridgehead atoms. The fourth-order valence-electron chi connectivity index (χ4n) is 1.62. The van der Waals surface area contributed by atoms with Crippen LogP contribution in [0.15, 0.2) is 18.2 Å². The summed E-state index contributed by atoms with van der Waals surface area (Å²) in [5, 5.41) is 0. The first-order valence-electron chi connectivity index (χ1n) is 3.81. The van der Waals surface area contributed by atoms with E-state index in [1.165, 1.54) is 6.07 Å². The van der Waals surface area contributed by atoms with Crippen molar-refractivity contribution in [1.29, 1.82) is 0 Å². The van der Waals surface area contributed by atoms with E-state index in [1.54, 1.807) is 12.1 Å². The van der Waals surface area contributed by atoms with Gasteiger partial charge in [-0.1, -0.05) is 6.07 Å². The standard InChI is InChI=1S/C9H10FN/c10-7-2-3-8-6(5-7)1-4-9(8)11/h2-3,5,9H,1,4,11H2. The van der Waals surface area contributed by atoms with Gasteiger partial charge in [0.1, 0.15) is 5.82 Å². The van der Waals surface area contributed by atoms with Crippen LogP contribution >= 0.6 is 0 Å². The minimum atomic E-state index is -0.155. The van der Waals surface area contributed by atoms with Crippen LogP contribution in [0, 0.1) is 5.82 Å². The van der Waals surface area contributed by atoms with Crippen LogP contribution in [0.25, 0.3) is 0 Å². The van der Waals surface area contributed by atoms with Gasteiger partial charge in [-0.15, -0.1) is 0 Å². The quantitative estimate of drug-likeness (QED) is 0.600. The van der Waals surface area contributed by atoms with Crippen molar-refractivity contribution < 1.29 is 4.39 Å². The van der Waals surface area contributed by atoms with Crippen LogP contribution in [0.4, 0.5) is 4.39 Å². The molecule has 1 unspecified atom stereocenters. The van der Waals surface area contributed by atoms with E-state index in [1.807, 2.05) is 0 Å². The van der Waals surface area contributed by atoms with Crippen molar-refractivity contribution in [3.63, 3.8) is 0 Å². The zero-order valence-electron chi connectivity index (χ0n) is 6.18. The molecule has 11 heavy (non-hydrogen) atoms. The van der Waals surface area contributed by atoms with Crippen LogP contribution in [-0.2, 0) is 6.42 Å². The van der Waals surface area contributed by atoms with Gasteiger partial charge in [-0.05, 0) is 36.1 Å². The summed E-state index contributed by atoms with van der Waals surface area (Å²) in [5.74, 6) is -0.155. The average Bonchev–Trinajstić information content (AvgIpc) is 2.32. The molecule has 2 N–H and O–H groups in total. The number of hydrogen-bond donors (Lipinski definition) is 1. The summed E-state index contributed by atoms with van der Waals surface area (Å²) >= 11 is 0. The minimum Gasteiger partial charge on any atom is -0.324 e. The second-order valence-electron chi connectivity index (χ2n) is 2.99. The van der Waals surface area contributed by atoms with Gasteiger partial charge in [-0.2, -0.15) is 0 Å². The van der Waals surface area contributed by atoms with Crippen molar-refractivity contribution in [1.82, 2.24) is 0 Å². The highest BCUT2D eigenvalue weighted by molar-refractivity contribution is 5.34. The van der Waals surface area contributed by atoms with E-state index in [-0.39, 0.29) is 11.9 Å². The third-order valence-corrected chi connectivity index (χ3v) is 2.23. The Morgan fingerprint density at radius 1 is 1.45 bits per heavy atom. The monoisotopic (exact) mass is 151 g/mol. The summed E-state index contributed by atoms with van der Waals surface area (Å²) in [6.07, 6.45) is 1.88. The highest BCUT2D eigenvalue weighted by Gasteiger charge is 2.18. The third kappa shape index (κ3) is 1.03. The molecule has 1 aromatic rings. The molecule has 0 amide bonds.